The van der Waals surface area contributed by atoms with Crippen molar-refractivity contribution in [1.29, 1.82) is 0 Å². The zero-order valence-electron chi connectivity index (χ0n) is 8.23. The molecule has 14 heavy (non-hydrogen) atoms. The maximum Gasteiger partial charge on any atom is 0.164 e. The molecule has 0 heterocycles. The van der Waals surface area contributed by atoms with Gasteiger partial charge in [0.25, 0.3) is 0 Å². The van der Waals surface area contributed by atoms with Gasteiger partial charge in [-0.15, -0.1) is 11.6 Å². The van der Waals surface area contributed by atoms with Crippen LogP contribution in [0.2, 0.25) is 0 Å². The summed E-state index contributed by atoms with van der Waals surface area (Å²) < 4.78 is 12.9. The van der Waals surface area contributed by atoms with Gasteiger partial charge in [0.1, 0.15) is 5.82 Å². The highest BCUT2D eigenvalue weighted by Crippen LogP contribution is 2.17. The minimum absolute atomic E-state index is 0.0185. The van der Waals surface area contributed by atoms with E-state index >= 15 is 0 Å². The molecule has 0 saturated carbocycles. The molecule has 0 atom stereocenters. The van der Waals surface area contributed by atoms with Crippen molar-refractivity contribution in [3.63, 3.8) is 0 Å². The topological polar surface area (TPSA) is 17.1 Å². The molecule has 1 nitrogen and oxygen atoms in total. The van der Waals surface area contributed by atoms with Crippen molar-refractivity contribution in [2.75, 3.05) is 5.88 Å². The van der Waals surface area contributed by atoms with Crippen LogP contribution in [0.1, 0.15) is 27.9 Å². The maximum absolute atomic E-state index is 12.9. The number of hydrogen-bond donors (Lipinski definition) is 0. The summed E-state index contributed by atoms with van der Waals surface area (Å²) in [6.45, 7) is 3.47. The van der Waals surface area contributed by atoms with Crippen LogP contribution in [0, 0.1) is 19.7 Å². The third kappa shape index (κ3) is 2.32. The first kappa shape index (κ1) is 11.2. The predicted octanol–water partition coefficient (Wildman–Crippen LogP) is 3.25. The first-order chi connectivity index (χ1) is 6.56. The summed E-state index contributed by atoms with van der Waals surface area (Å²) in [4.78, 5) is 11.6. The monoisotopic (exact) mass is 214 g/mol. The molecule has 3 heteroatoms. The van der Waals surface area contributed by atoms with Crippen molar-refractivity contribution < 1.29 is 9.18 Å². The number of Topliss-reactive ketones (excluding diaryl/α,β-unsaturated/α-hetero) is 1. The Balaban J connectivity index is 3.14. The fourth-order valence-corrected chi connectivity index (χ4v) is 1.73. The van der Waals surface area contributed by atoms with E-state index in [1.165, 1.54) is 12.1 Å². The summed E-state index contributed by atoms with van der Waals surface area (Å²) >= 11 is 5.49. The molecule has 0 bridgehead atoms. The Bertz CT molecular complexity index is 337. The van der Waals surface area contributed by atoms with Crippen LogP contribution in [-0.4, -0.2) is 11.7 Å². The largest absolute Gasteiger partial charge is 0.294 e. The fourth-order valence-electron chi connectivity index (χ4n) is 1.56. The highest BCUT2D eigenvalue weighted by Gasteiger charge is 2.12. The molecule has 0 N–H and O–H groups in total. The molecule has 1 aromatic carbocycles. The SMILES string of the molecule is Cc1cc(F)cc(C)c1C(=O)CCCl. The number of rotatable bonds is 3. The molecule has 0 aliphatic carbocycles. The van der Waals surface area contributed by atoms with Crippen LogP contribution in [0.4, 0.5) is 4.39 Å². The summed E-state index contributed by atoms with van der Waals surface area (Å²) in [7, 11) is 0. The minimum atomic E-state index is -0.303. The van der Waals surface area contributed by atoms with Crippen molar-refractivity contribution in [3.05, 3.63) is 34.6 Å². The molecule has 0 amide bonds. The number of benzene rings is 1. The van der Waals surface area contributed by atoms with Gasteiger partial charge >= 0.3 is 0 Å². The maximum atomic E-state index is 12.9. The third-order valence-electron chi connectivity index (χ3n) is 2.10. The van der Waals surface area contributed by atoms with Gasteiger partial charge in [-0.25, -0.2) is 4.39 Å². The fraction of sp³-hybridized carbons (Fsp3) is 0.364. The summed E-state index contributed by atoms with van der Waals surface area (Å²) in [6, 6.07) is 2.74. The van der Waals surface area contributed by atoms with Crippen molar-refractivity contribution >= 4 is 17.4 Å². The van der Waals surface area contributed by atoms with Gasteiger partial charge in [0.15, 0.2) is 5.78 Å². The smallest absolute Gasteiger partial charge is 0.164 e. The molecule has 0 fully saturated rings. The van der Waals surface area contributed by atoms with E-state index in [0.29, 0.717) is 29.0 Å². The van der Waals surface area contributed by atoms with Gasteiger partial charge in [-0.1, -0.05) is 0 Å². The van der Waals surface area contributed by atoms with E-state index in [0.717, 1.165) is 0 Å². The van der Waals surface area contributed by atoms with Crippen LogP contribution < -0.4 is 0 Å². The lowest BCUT2D eigenvalue weighted by Gasteiger charge is -2.07. The molecular formula is C11H12ClFO. The van der Waals surface area contributed by atoms with E-state index in [1.54, 1.807) is 13.8 Å². The lowest BCUT2D eigenvalue weighted by molar-refractivity contribution is 0.0988. The Morgan fingerprint density at radius 1 is 1.36 bits per heavy atom. The second-order valence-electron chi connectivity index (χ2n) is 3.28. The van der Waals surface area contributed by atoms with E-state index in [-0.39, 0.29) is 11.6 Å². The average Bonchev–Trinajstić information content (AvgIpc) is 2.01. The molecule has 0 aliphatic rings. The van der Waals surface area contributed by atoms with Crippen LogP contribution in [-0.2, 0) is 0 Å². The van der Waals surface area contributed by atoms with Crippen molar-refractivity contribution in [2.45, 2.75) is 20.3 Å². The van der Waals surface area contributed by atoms with Gasteiger partial charge in [0.2, 0.25) is 0 Å². The molecule has 76 valence electrons. The molecule has 0 saturated heterocycles. The molecule has 0 spiro atoms. The van der Waals surface area contributed by atoms with Crippen LogP contribution in [0.15, 0.2) is 12.1 Å². The minimum Gasteiger partial charge on any atom is -0.294 e. The second-order valence-corrected chi connectivity index (χ2v) is 3.65. The van der Waals surface area contributed by atoms with E-state index in [1.807, 2.05) is 0 Å². The van der Waals surface area contributed by atoms with Crippen LogP contribution in [0.5, 0.6) is 0 Å². The number of carbonyl (C=O) groups is 1. The van der Waals surface area contributed by atoms with E-state index in [9.17, 15) is 9.18 Å². The van der Waals surface area contributed by atoms with E-state index < -0.39 is 0 Å². The highest BCUT2D eigenvalue weighted by molar-refractivity contribution is 6.19. The Kier molecular flexibility index (Phi) is 3.64. The molecule has 0 radical (unpaired) electrons. The van der Waals surface area contributed by atoms with Crippen molar-refractivity contribution in [1.82, 2.24) is 0 Å². The van der Waals surface area contributed by atoms with E-state index in [4.69, 9.17) is 11.6 Å². The van der Waals surface area contributed by atoms with Crippen molar-refractivity contribution in [2.24, 2.45) is 0 Å². The van der Waals surface area contributed by atoms with Crippen LogP contribution in [0.3, 0.4) is 0 Å². The third-order valence-corrected chi connectivity index (χ3v) is 2.29. The standard InChI is InChI=1S/C11H12ClFO/c1-7-5-9(13)6-8(2)11(7)10(14)3-4-12/h5-6H,3-4H2,1-2H3. The Morgan fingerprint density at radius 3 is 2.29 bits per heavy atom. The van der Waals surface area contributed by atoms with E-state index in [2.05, 4.69) is 0 Å². The van der Waals surface area contributed by atoms with Crippen LogP contribution >= 0.6 is 11.6 Å². The normalized spacial score (nSPS) is 10.3. The number of hydrogen-bond acceptors (Lipinski definition) is 1. The summed E-state index contributed by atoms with van der Waals surface area (Å²) in [5.74, 6) is -0.0211. The lowest BCUT2D eigenvalue weighted by atomic mass is 9.98. The summed E-state index contributed by atoms with van der Waals surface area (Å²) in [5, 5.41) is 0. The summed E-state index contributed by atoms with van der Waals surface area (Å²) in [6.07, 6.45) is 0.300. The van der Waals surface area contributed by atoms with Gasteiger partial charge in [-0.3, -0.25) is 4.79 Å². The highest BCUT2D eigenvalue weighted by atomic mass is 35.5. The molecule has 1 rings (SSSR count). The molecular weight excluding hydrogens is 203 g/mol. The van der Waals surface area contributed by atoms with Gasteiger partial charge in [0, 0.05) is 17.9 Å². The van der Waals surface area contributed by atoms with Gasteiger partial charge in [-0.2, -0.15) is 0 Å². The zero-order chi connectivity index (χ0) is 10.7. The quantitative estimate of drug-likeness (QED) is 0.558. The second kappa shape index (κ2) is 4.56. The Hall–Kier alpha value is -0.890. The average molecular weight is 215 g/mol. The van der Waals surface area contributed by atoms with Crippen molar-refractivity contribution in [3.8, 4) is 0 Å². The number of aryl methyl sites for hydroxylation is 2. The predicted molar refractivity (Wildman–Crippen MR) is 55.5 cm³/mol. The zero-order valence-corrected chi connectivity index (χ0v) is 8.99. The lowest BCUT2D eigenvalue weighted by Crippen LogP contribution is -2.05. The first-order valence-corrected chi connectivity index (χ1v) is 4.95. The van der Waals surface area contributed by atoms with Crippen LogP contribution in [0.25, 0.3) is 0 Å². The molecule has 0 aliphatic heterocycles. The molecule has 0 aromatic heterocycles. The number of ketones is 1. The van der Waals surface area contributed by atoms with Gasteiger partial charge in [-0.05, 0) is 37.1 Å². The molecule has 1 aromatic rings. The number of halogens is 2. The Labute approximate surface area is 87.9 Å². The summed E-state index contributed by atoms with van der Waals surface area (Å²) in [5.41, 5.74) is 1.96. The number of carbonyl (C=O) groups excluding carboxylic acids is 1. The first-order valence-electron chi connectivity index (χ1n) is 4.42. The number of alkyl halides is 1. The van der Waals surface area contributed by atoms with Gasteiger partial charge < -0.3 is 0 Å². The molecule has 0 unspecified atom stereocenters. The van der Waals surface area contributed by atoms with Gasteiger partial charge in [0.05, 0.1) is 0 Å². The Morgan fingerprint density at radius 2 is 1.86 bits per heavy atom.